The van der Waals surface area contributed by atoms with Crippen molar-refractivity contribution in [1.29, 1.82) is 0 Å². The van der Waals surface area contributed by atoms with Gasteiger partial charge in [0.2, 0.25) is 0 Å². The average Bonchev–Trinajstić information content (AvgIpc) is 2.65. The summed E-state index contributed by atoms with van der Waals surface area (Å²) in [5, 5.41) is 4.35. The number of ketones is 1. The summed E-state index contributed by atoms with van der Waals surface area (Å²) in [6.45, 7) is 6.97. The van der Waals surface area contributed by atoms with Crippen LogP contribution in [0.2, 0.25) is 0 Å². The number of Topliss-reactive ketones (excluding diaryl/α,β-unsaturated/α-hetero) is 1. The first-order valence-corrected chi connectivity index (χ1v) is 6.25. The molecule has 1 aromatic heterocycles. The van der Waals surface area contributed by atoms with Gasteiger partial charge in [-0.3, -0.25) is 4.79 Å². The minimum absolute atomic E-state index is 0.106. The molecule has 0 aliphatic rings. The Hall–Kier alpha value is -1.36. The number of hydrogen-bond acceptors (Lipinski definition) is 4. The number of carbonyl (C=O) groups is 2. The number of alkyl carbamates (subject to hydrolysis) is 1. The van der Waals surface area contributed by atoms with Gasteiger partial charge >= 0.3 is 6.09 Å². The molecule has 0 fully saturated rings. The molecule has 0 unspecified atom stereocenters. The van der Waals surface area contributed by atoms with E-state index in [-0.39, 0.29) is 5.78 Å². The van der Waals surface area contributed by atoms with Crippen molar-refractivity contribution < 1.29 is 14.3 Å². The molecule has 1 atom stereocenters. The normalized spacial score (nSPS) is 12.9. The SMILES string of the molecule is C[C@@H](NC(=O)OC(C)(C)C)C(=O)c1cccs1. The number of nitrogens with one attached hydrogen (secondary N) is 1. The second kappa shape index (κ2) is 5.31. The van der Waals surface area contributed by atoms with Gasteiger partial charge in [0.25, 0.3) is 0 Å². The molecule has 0 aliphatic carbocycles. The molecular weight excluding hydrogens is 238 g/mol. The van der Waals surface area contributed by atoms with Gasteiger partial charge in [0.05, 0.1) is 10.9 Å². The van der Waals surface area contributed by atoms with Crippen LogP contribution in [0.1, 0.15) is 37.4 Å². The van der Waals surface area contributed by atoms with Crippen molar-refractivity contribution in [2.24, 2.45) is 0 Å². The van der Waals surface area contributed by atoms with E-state index >= 15 is 0 Å². The maximum Gasteiger partial charge on any atom is 0.408 e. The quantitative estimate of drug-likeness (QED) is 0.845. The van der Waals surface area contributed by atoms with Crippen LogP contribution in [-0.4, -0.2) is 23.5 Å². The Kier molecular flexibility index (Phi) is 4.28. The monoisotopic (exact) mass is 255 g/mol. The van der Waals surface area contributed by atoms with Gasteiger partial charge < -0.3 is 10.1 Å². The molecule has 1 aromatic rings. The fraction of sp³-hybridized carbons (Fsp3) is 0.500. The predicted molar refractivity (Wildman–Crippen MR) is 67.5 cm³/mol. The molecule has 1 rings (SSSR count). The summed E-state index contributed by atoms with van der Waals surface area (Å²) in [5.41, 5.74) is -0.560. The van der Waals surface area contributed by atoms with E-state index in [1.807, 2.05) is 5.38 Å². The molecule has 4 nitrogen and oxygen atoms in total. The van der Waals surface area contributed by atoms with Crippen LogP contribution in [0.5, 0.6) is 0 Å². The second-order valence-corrected chi connectivity index (χ2v) is 5.66. The fourth-order valence-corrected chi connectivity index (χ4v) is 1.94. The summed E-state index contributed by atoms with van der Waals surface area (Å²) in [7, 11) is 0. The van der Waals surface area contributed by atoms with Crippen molar-refractivity contribution in [3.8, 4) is 0 Å². The molecule has 5 heteroatoms. The van der Waals surface area contributed by atoms with E-state index in [4.69, 9.17) is 4.74 Å². The molecule has 94 valence electrons. The van der Waals surface area contributed by atoms with E-state index < -0.39 is 17.7 Å². The fourth-order valence-electron chi connectivity index (χ4n) is 1.18. The highest BCUT2D eigenvalue weighted by Gasteiger charge is 2.22. The number of thiophene rings is 1. The molecular formula is C12H17NO3S. The third kappa shape index (κ3) is 4.56. The van der Waals surface area contributed by atoms with Crippen molar-refractivity contribution in [2.75, 3.05) is 0 Å². The van der Waals surface area contributed by atoms with E-state index in [0.717, 1.165) is 0 Å². The minimum atomic E-state index is -0.580. The smallest absolute Gasteiger partial charge is 0.408 e. The summed E-state index contributed by atoms with van der Waals surface area (Å²) in [4.78, 5) is 23.9. The third-order valence-corrected chi connectivity index (χ3v) is 2.77. The Morgan fingerprint density at radius 2 is 2.06 bits per heavy atom. The lowest BCUT2D eigenvalue weighted by Gasteiger charge is -2.21. The van der Waals surface area contributed by atoms with Crippen LogP contribution in [0.4, 0.5) is 4.79 Å². The lowest BCUT2D eigenvalue weighted by atomic mass is 10.2. The van der Waals surface area contributed by atoms with Crippen molar-refractivity contribution >= 4 is 23.2 Å². The Morgan fingerprint density at radius 3 is 2.53 bits per heavy atom. The number of hydrogen-bond donors (Lipinski definition) is 1. The highest BCUT2D eigenvalue weighted by molar-refractivity contribution is 7.12. The van der Waals surface area contributed by atoms with Gasteiger partial charge in [-0.1, -0.05) is 6.07 Å². The summed E-state index contributed by atoms with van der Waals surface area (Å²) >= 11 is 1.36. The Bertz CT molecular complexity index is 392. The van der Waals surface area contributed by atoms with Gasteiger partial charge in [-0.15, -0.1) is 11.3 Å². The van der Waals surface area contributed by atoms with Gasteiger partial charge in [0.1, 0.15) is 5.60 Å². The van der Waals surface area contributed by atoms with Gasteiger partial charge in [-0.05, 0) is 39.1 Å². The Labute approximate surface area is 105 Å². The van der Waals surface area contributed by atoms with Crippen LogP contribution in [0.25, 0.3) is 0 Å². The first kappa shape index (κ1) is 13.7. The third-order valence-electron chi connectivity index (χ3n) is 1.89. The molecule has 17 heavy (non-hydrogen) atoms. The number of amides is 1. The maximum absolute atomic E-state index is 11.8. The van der Waals surface area contributed by atoms with Gasteiger partial charge in [0, 0.05) is 0 Å². The first-order chi connectivity index (χ1) is 7.79. The molecule has 0 aromatic carbocycles. The summed E-state index contributed by atoms with van der Waals surface area (Å²) in [6.07, 6.45) is -0.574. The highest BCUT2D eigenvalue weighted by atomic mass is 32.1. The van der Waals surface area contributed by atoms with Crippen molar-refractivity contribution in [2.45, 2.75) is 39.3 Å². The summed E-state index contributed by atoms with van der Waals surface area (Å²) in [5.74, 6) is -0.106. The van der Waals surface area contributed by atoms with Crippen molar-refractivity contribution in [1.82, 2.24) is 5.32 Å². The maximum atomic E-state index is 11.8. The van der Waals surface area contributed by atoms with E-state index in [2.05, 4.69) is 5.32 Å². The largest absolute Gasteiger partial charge is 0.444 e. The molecule has 1 amide bonds. The van der Waals surface area contributed by atoms with Crippen LogP contribution < -0.4 is 5.32 Å². The lowest BCUT2D eigenvalue weighted by molar-refractivity contribution is 0.0497. The zero-order valence-corrected chi connectivity index (χ0v) is 11.3. The zero-order chi connectivity index (χ0) is 13.1. The zero-order valence-electron chi connectivity index (χ0n) is 10.4. The number of carbonyl (C=O) groups excluding carboxylic acids is 2. The van der Waals surface area contributed by atoms with Crippen molar-refractivity contribution in [3.63, 3.8) is 0 Å². The molecule has 0 radical (unpaired) electrons. The summed E-state index contributed by atoms with van der Waals surface area (Å²) in [6, 6.07) is 2.96. The Morgan fingerprint density at radius 1 is 1.41 bits per heavy atom. The number of rotatable bonds is 3. The first-order valence-electron chi connectivity index (χ1n) is 5.37. The van der Waals surface area contributed by atoms with Crippen LogP contribution in [0, 0.1) is 0 Å². The molecule has 0 bridgehead atoms. The second-order valence-electron chi connectivity index (χ2n) is 4.71. The van der Waals surface area contributed by atoms with Crippen LogP contribution >= 0.6 is 11.3 Å². The van der Waals surface area contributed by atoms with E-state index in [0.29, 0.717) is 4.88 Å². The minimum Gasteiger partial charge on any atom is -0.444 e. The molecule has 1 N–H and O–H groups in total. The Balaban J connectivity index is 2.52. The summed E-state index contributed by atoms with van der Waals surface area (Å²) < 4.78 is 5.08. The average molecular weight is 255 g/mol. The molecule has 1 heterocycles. The van der Waals surface area contributed by atoms with Crippen LogP contribution in [0.15, 0.2) is 17.5 Å². The predicted octanol–water partition coefficient (Wildman–Crippen LogP) is 2.84. The number of ether oxygens (including phenoxy) is 1. The highest BCUT2D eigenvalue weighted by Crippen LogP contribution is 2.12. The van der Waals surface area contributed by atoms with Gasteiger partial charge in [-0.25, -0.2) is 4.79 Å². The van der Waals surface area contributed by atoms with Crippen LogP contribution in [-0.2, 0) is 4.74 Å². The lowest BCUT2D eigenvalue weighted by Crippen LogP contribution is -2.41. The van der Waals surface area contributed by atoms with Crippen molar-refractivity contribution in [3.05, 3.63) is 22.4 Å². The molecule has 0 saturated carbocycles. The molecule has 0 saturated heterocycles. The standard InChI is InChI=1S/C12H17NO3S/c1-8(10(14)9-6-5-7-17-9)13-11(15)16-12(2,3)4/h5-8H,1-4H3,(H,13,15)/t8-/m1/s1. The van der Waals surface area contributed by atoms with E-state index in [1.54, 1.807) is 39.8 Å². The van der Waals surface area contributed by atoms with E-state index in [1.165, 1.54) is 11.3 Å². The van der Waals surface area contributed by atoms with Crippen LogP contribution in [0.3, 0.4) is 0 Å². The van der Waals surface area contributed by atoms with E-state index in [9.17, 15) is 9.59 Å². The molecule has 0 aliphatic heterocycles. The van der Waals surface area contributed by atoms with Gasteiger partial charge in [0.15, 0.2) is 5.78 Å². The topological polar surface area (TPSA) is 55.4 Å². The molecule has 0 spiro atoms. The van der Waals surface area contributed by atoms with Gasteiger partial charge in [-0.2, -0.15) is 0 Å².